The summed E-state index contributed by atoms with van der Waals surface area (Å²) in [7, 11) is 3.66. The second kappa shape index (κ2) is 5.65. The molecule has 1 amide bonds. The summed E-state index contributed by atoms with van der Waals surface area (Å²) in [4.78, 5) is 13.4. The van der Waals surface area contributed by atoms with Crippen molar-refractivity contribution in [2.45, 2.75) is 32.4 Å². The minimum Gasteiger partial charge on any atom is -0.341 e. The molecule has 0 aromatic carbocycles. The first-order valence-corrected chi connectivity index (χ1v) is 5.46. The number of aryl methyl sites for hydroxylation is 1. The number of aromatic nitrogens is 2. The van der Waals surface area contributed by atoms with Crippen molar-refractivity contribution in [2.24, 2.45) is 12.8 Å². The average molecular weight is 224 g/mol. The van der Waals surface area contributed by atoms with Crippen LogP contribution in [0.15, 0.2) is 12.4 Å². The third kappa shape index (κ3) is 4.02. The summed E-state index contributed by atoms with van der Waals surface area (Å²) >= 11 is 0. The van der Waals surface area contributed by atoms with Crippen LogP contribution in [0.1, 0.15) is 25.3 Å². The molecule has 2 N–H and O–H groups in total. The van der Waals surface area contributed by atoms with Crippen molar-refractivity contribution in [3.05, 3.63) is 18.0 Å². The third-order valence-electron chi connectivity index (χ3n) is 2.42. The number of hydrogen-bond donors (Lipinski definition) is 1. The van der Waals surface area contributed by atoms with Gasteiger partial charge in [0.05, 0.1) is 6.20 Å². The lowest BCUT2D eigenvalue weighted by atomic mass is 10.2. The van der Waals surface area contributed by atoms with Crippen LogP contribution in [-0.2, 0) is 18.4 Å². The summed E-state index contributed by atoms with van der Waals surface area (Å²) in [5.41, 5.74) is 6.65. The molecule has 0 bridgehead atoms. The second-order valence-corrected chi connectivity index (χ2v) is 4.29. The minimum atomic E-state index is 0.0794. The predicted molar refractivity (Wildman–Crippen MR) is 62.6 cm³/mol. The molecule has 1 rings (SSSR count). The zero-order valence-corrected chi connectivity index (χ0v) is 10.2. The molecule has 1 atom stereocenters. The molecule has 5 nitrogen and oxygen atoms in total. The molecule has 0 aliphatic carbocycles. The fraction of sp³-hybridized carbons (Fsp3) is 0.636. The number of carbonyl (C=O) groups is 1. The van der Waals surface area contributed by atoms with Gasteiger partial charge in [0.2, 0.25) is 5.91 Å². The van der Waals surface area contributed by atoms with E-state index in [1.165, 1.54) is 0 Å². The number of nitrogens with zero attached hydrogens (tertiary/aromatic N) is 3. The zero-order valence-electron chi connectivity index (χ0n) is 10.2. The largest absolute Gasteiger partial charge is 0.341 e. The molecule has 0 spiro atoms. The lowest BCUT2D eigenvalue weighted by Crippen LogP contribution is -2.27. The summed E-state index contributed by atoms with van der Waals surface area (Å²) in [6.07, 6.45) is 4.93. The number of rotatable bonds is 5. The van der Waals surface area contributed by atoms with Crippen molar-refractivity contribution in [1.29, 1.82) is 0 Å². The quantitative estimate of drug-likeness (QED) is 0.792. The highest BCUT2D eigenvalue weighted by Crippen LogP contribution is 2.04. The van der Waals surface area contributed by atoms with Crippen LogP contribution in [0.25, 0.3) is 0 Å². The van der Waals surface area contributed by atoms with Crippen LogP contribution in [0.5, 0.6) is 0 Å². The number of carbonyl (C=O) groups excluding carboxylic acids is 1. The molecule has 1 aromatic rings. The van der Waals surface area contributed by atoms with Gasteiger partial charge >= 0.3 is 0 Å². The van der Waals surface area contributed by atoms with Gasteiger partial charge in [-0.2, -0.15) is 5.10 Å². The van der Waals surface area contributed by atoms with Crippen LogP contribution in [0.4, 0.5) is 0 Å². The van der Waals surface area contributed by atoms with Gasteiger partial charge in [0, 0.05) is 44.9 Å². The highest BCUT2D eigenvalue weighted by Gasteiger charge is 2.10. The van der Waals surface area contributed by atoms with Crippen molar-refractivity contribution in [3.8, 4) is 0 Å². The van der Waals surface area contributed by atoms with Crippen LogP contribution in [0.2, 0.25) is 0 Å². The fourth-order valence-corrected chi connectivity index (χ4v) is 1.46. The highest BCUT2D eigenvalue weighted by atomic mass is 16.2. The summed E-state index contributed by atoms with van der Waals surface area (Å²) < 4.78 is 1.73. The fourth-order valence-electron chi connectivity index (χ4n) is 1.46. The minimum absolute atomic E-state index is 0.0794. The Balaban J connectivity index is 2.39. The SMILES string of the molecule is CC(N)CCC(=O)N(C)Cc1cnn(C)c1. The first-order chi connectivity index (χ1) is 7.49. The average Bonchev–Trinajstić information content (AvgIpc) is 2.60. The second-order valence-electron chi connectivity index (χ2n) is 4.29. The molecule has 0 saturated heterocycles. The van der Waals surface area contributed by atoms with Crippen LogP contribution >= 0.6 is 0 Å². The van der Waals surface area contributed by atoms with E-state index < -0.39 is 0 Å². The Hall–Kier alpha value is -1.36. The first-order valence-electron chi connectivity index (χ1n) is 5.46. The Kier molecular flexibility index (Phi) is 4.49. The van der Waals surface area contributed by atoms with E-state index >= 15 is 0 Å². The lowest BCUT2D eigenvalue weighted by molar-refractivity contribution is -0.130. The van der Waals surface area contributed by atoms with E-state index in [0.717, 1.165) is 12.0 Å². The Morgan fingerprint density at radius 2 is 2.38 bits per heavy atom. The van der Waals surface area contributed by atoms with E-state index in [1.807, 2.05) is 20.2 Å². The number of hydrogen-bond acceptors (Lipinski definition) is 3. The van der Waals surface area contributed by atoms with Gasteiger partial charge in [-0.15, -0.1) is 0 Å². The molecule has 1 unspecified atom stereocenters. The molecular weight excluding hydrogens is 204 g/mol. The van der Waals surface area contributed by atoms with Gasteiger partial charge in [0.1, 0.15) is 0 Å². The lowest BCUT2D eigenvalue weighted by Gasteiger charge is -2.16. The Morgan fingerprint density at radius 1 is 1.69 bits per heavy atom. The molecule has 0 fully saturated rings. The maximum atomic E-state index is 11.7. The molecule has 5 heteroatoms. The highest BCUT2D eigenvalue weighted by molar-refractivity contribution is 5.75. The molecule has 0 aliphatic heterocycles. The summed E-state index contributed by atoms with van der Waals surface area (Å²) in [6.45, 7) is 2.51. The van der Waals surface area contributed by atoms with E-state index in [-0.39, 0.29) is 11.9 Å². The molecule has 16 heavy (non-hydrogen) atoms. The summed E-state index contributed by atoms with van der Waals surface area (Å²) in [5.74, 6) is 0.126. The van der Waals surface area contributed by atoms with Gasteiger partial charge in [0.15, 0.2) is 0 Å². The molecule has 0 aliphatic rings. The molecule has 0 saturated carbocycles. The maximum Gasteiger partial charge on any atom is 0.222 e. The normalized spacial score (nSPS) is 12.5. The molecule has 90 valence electrons. The van der Waals surface area contributed by atoms with E-state index in [1.54, 1.807) is 22.8 Å². The topological polar surface area (TPSA) is 64.2 Å². The Bertz CT molecular complexity index is 346. The van der Waals surface area contributed by atoms with Crippen LogP contribution in [-0.4, -0.2) is 33.7 Å². The maximum absolute atomic E-state index is 11.7. The number of amides is 1. The summed E-state index contributed by atoms with van der Waals surface area (Å²) in [6, 6.07) is 0.0794. The van der Waals surface area contributed by atoms with Gasteiger partial charge < -0.3 is 10.6 Å². The molecule has 1 aromatic heterocycles. The van der Waals surface area contributed by atoms with Crippen LogP contribution in [0, 0.1) is 0 Å². The first kappa shape index (κ1) is 12.7. The van der Waals surface area contributed by atoms with Crippen molar-refractivity contribution in [1.82, 2.24) is 14.7 Å². The van der Waals surface area contributed by atoms with Crippen molar-refractivity contribution >= 4 is 5.91 Å². The third-order valence-corrected chi connectivity index (χ3v) is 2.42. The van der Waals surface area contributed by atoms with Gasteiger partial charge in [-0.25, -0.2) is 0 Å². The van der Waals surface area contributed by atoms with Crippen molar-refractivity contribution in [2.75, 3.05) is 7.05 Å². The molecular formula is C11H20N4O. The zero-order chi connectivity index (χ0) is 12.1. The van der Waals surface area contributed by atoms with Crippen LogP contribution < -0.4 is 5.73 Å². The summed E-state index contributed by atoms with van der Waals surface area (Å²) in [5, 5.41) is 4.06. The molecule has 1 heterocycles. The van der Waals surface area contributed by atoms with Crippen LogP contribution in [0.3, 0.4) is 0 Å². The molecule has 0 radical (unpaired) electrons. The standard InChI is InChI=1S/C11H20N4O/c1-9(12)4-5-11(16)14(2)7-10-6-13-15(3)8-10/h6,8-9H,4-5,7,12H2,1-3H3. The van der Waals surface area contributed by atoms with Gasteiger partial charge in [-0.3, -0.25) is 9.48 Å². The smallest absolute Gasteiger partial charge is 0.222 e. The predicted octanol–water partition coefficient (Wildman–Crippen LogP) is 0.506. The van der Waals surface area contributed by atoms with Crippen molar-refractivity contribution < 1.29 is 4.79 Å². The monoisotopic (exact) mass is 224 g/mol. The van der Waals surface area contributed by atoms with Crippen molar-refractivity contribution in [3.63, 3.8) is 0 Å². The van der Waals surface area contributed by atoms with Gasteiger partial charge in [-0.1, -0.05) is 0 Å². The van der Waals surface area contributed by atoms with E-state index in [9.17, 15) is 4.79 Å². The number of nitrogens with two attached hydrogens (primary N) is 1. The Morgan fingerprint density at radius 3 is 2.88 bits per heavy atom. The Labute approximate surface area is 96.2 Å². The van der Waals surface area contributed by atoms with E-state index in [4.69, 9.17) is 5.73 Å². The van der Waals surface area contributed by atoms with Gasteiger partial charge in [-0.05, 0) is 13.3 Å². The van der Waals surface area contributed by atoms with E-state index in [0.29, 0.717) is 13.0 Å². The van der Waals surface area contributed by atoms with Gasteiger partial charge in [0.25, 0.3) is 0 Å². The van der Waals surface area contributed by atoms with E-state index in [2.05, 4.69) is 5.10 Å².